The standard InChI is InChI=1S/C30H37N5O4S/c1-19-8-7-9-21(14-19)35-29-26(28(32-35)30(2,3)4)27(20-10-11-22-23(15-20)39-18-38-22)40-17-25(37)34(29)16-24(36)31-12-13-33(5)6/h7-11,14-15,27H,12-13,16-18H2,1-6H3,(H,31,36). The number of amides is 2. The van der Waals surface area contributed by atoms with E-state index in [0.717, 1.165) is 28.1 Å². The molecule has 212 valence electrons. The lowest BCUT2D eigenvalue weighted by molar-refractivity contribution is -0.122. The first kappa shape index (κ1) is 28.0. The summed E-state index contributed by atoms with van der Waals surface area (Å²) in [5, 5.41) is 7.92. The highest BCUT2D eigenvalue weighted by atomic mass is 32.2. The first-order valence-corrected chi connectivity index (χ1v) is 14.5. The van der Waals surface area contributed by atoms with Crippen molar-refractivity contribution in [3.05, 3.63) is 64.8 Å². The van der Waals surface area contributed by atoms with Crippen molar-refractivity contribution in [3.63, 3.8) is 0 Å². The van der Waals surface area contributed by atoms with E-state index < -0.39 is 0 Å². The number of benzene rings is 2. The number of aryl methyl sites for hydroxylation is 1. The van der Waals surface area contributed by atoms with Gasteiger partial charge >= 0.3 is 0 Å². The third-order valence-corrected chi connectivity index (χ3v) is 8.18. The maximum absolute atomic E-state index is 13.8. The van der Waals surface area contributed by atoms with Crippen LogP contribution >= 0.6 is 11.8 Å². The summed E-state index contributed by atoms with van der Waals surface area (Å²) < 4.78 is 13.1. The van der Waals surface area contributed by atoms with Gasteiger partial charge in [-0.25, -0.2) is 4.68 Å². The number of carbonyl (C=O) groups is 2. The number of thioether (sulfide) groups is 1. The molecule has 0 saturated carbocycles. The lowest BCUT2D eigenvalue weighted by atomic mass is 9.87. The summed E-state index contributed by atoms with van der Waals surface area (Å²) in [6.45, 7) is 9.73. The van der Waals surface area contributed by atoms with Crippen LogP contribution in [0.3, 0.4) is 0 Å². The smallest absolute Gasteiger partial charge is 0.240 e. The predicted molar refractivity (Wildman–Crippen MR) is 158 cm³/mol. The summed E-state index contributed by atoms with van der Waals surface area (Å²) in [6, 6.07) is 14.0. The van der Waals surface area contributed by atoms with Crippen molar-refractivity contribution in [1.29, 1.82) is 0 Å². The van der Waals surface area contributed by atoms with E-state index in [2.05, 4.69) is 26.1 Å². The van der Waals surface area contributed by atoms with Gasteiger partial charge in [-0.2, -0.15) is 5.10 Å². The van der Waals surface area contributed by atoms with Gasteiger partial charge in [0.15, 0.2) is 11.5 Å². The molecule has 2 aliphatic heterocycles. The van der Waals surface area contributed by atoms with Gasteiger partial charge in [0, 0.05) is 24.1 Å². The Kier molecular flexibility index (Phi) is 7.83. The maximum Gasteiger partial charge on any atom is 0.240 e. The first-order chi connectivity index (χ1) is 19.0. The van der Waals surface area contributed by atoms with Crippen LogP contribution in [0.15, 0.2) is 42.5 Å². The number of anilines is 1. The van der Waals surface area contributed by atoms with Gasteiger partial charge in [-0.1, -0.05) is 39.0 Å². The first-order valence-electron chi connectivity index (χ1n) is 13.5. The minimum absolute atomic E-state index is 0.0885. The second kappa shape index (κ2) is 11.2. The molecule has 40 heavy (non-hydrogen) atoms. The number of likely N-dealkylation sites (N-methyl/N-ethyl adjacent to an activating group) is 1. The number of nitrogens with one attached hydrogen (secondary N) is 1. The van der Waals surface area contributed by atoms with E-state index in [0.29, 0.717) is 30.4 Å². The van der Waals surface area contributed by atoms with E-state index >= 15 is 0 Å². The van der Waals surface area contributed by atoms with Crippen LogP contribution in [0.5, 0.6) is 11.5 Å². The largest absolute Gasteiger partial charge is 0.454 e. The highest BCUT2D eigenvalue weighted by molar-refractivity contribution is 8.00. The van der Waals surface area contributed by atoms with Gasteiger partial charge in [-0.05, 0) is 56.4 Å². The highest BCUT2D eigenvalue weighted by Crippen LogP contribution is 2.49. The van der Waals surface area contributed by atoms with Gasteiger partial charge in [-0.15, -0.1) is 11.8 Å². The van der Waals surface area contributed by atoms with Gasteiger partial charge in [0.2, 0.25) is 18.6 Å². The lowest BCUT2D eigenvalue weighted by Crippen LogP contribution is -2.43. The number of nitrogens with zero attached hydrogens (tertiary/aromatic N) is 4. The average molecular weight is 564 g/mol. The van der Waals surface area contributed by atoms with E-state index in [9.17, 15) is 9.59 Å². The summed E-state index contributed by atoms with van der Waals surface area (Å²) in [4.78, 5) is 30.6. The minimum atomic E-state index is -0.332. The molecule has 0 fully saturated rings. The fourth-order valence-corrected chi connectivity index (χ4v) is 6.16. The summed E-state index contributed by atoms with van der Waals surface area (Å²) in [5.41, 5.74) is 4.40. The number of fused-ring (bicyclic) bond motifs is 2. The molecule has 0 aliphatic carbocycles. The Balaban J connectivity index is 1.68. The van der Waals surface area contributed by atoms with Gasteiger partial charge in [0.25, 0.3) is 0 Å². The quantitative estimate of drug-likeness (QED) is 0.464. The minimum Gasteiger partial charge on any atom is -0.454 e. The molecule has 1 N–H and O–H groups in total. The van der Waals surface area contributed by atoms with E-state index in [1.165, 1.54) is 0 Å². The van der Waals surface area contributed by atoms with Crippen molar-refractivity contribution in [2.75, 3.05) is 51.2 Å². The van der Waals surface area contributed by atoms with Gasteiger partial charge in [0.05, 0.1) is 22.4 Å². The predicted octanol–water partition coefficient (Wildman–Crippen LogP) is 4.05. The van der Waals surface area contributed by atoms with Crippen molar-refractivity contribution in [3.8, 4) is 17.2 Å². The van der Waals surface area contributed by atoms with Crippen LogP contribution in [0.4, 0.5) is 5.82 Å². The van der Waals surface area contributed by atoms with E-state index in [-0.39, 0.29) is 41.6 Å². The van der Waals surface area contributed by atoms with E-state index in [4.69, 9.17) is 14.6 Å². The maximum atomic E-state index is 13.8. The molecular formula is C30H37N5O4S. The van der Waals surface area contributed by atoms with Crippen molar-refractivity contribution >= 4 is 29.4 Å². The number of ether oxygens (including phenoxy) is 2. The molecular weight excluding hydrogens is 526 g/mol. The fourth-order valence-electron chi connectivity index (χ4n) is 4.97. The molecule has 0 bridgehead atoms. The molecule has 1 unspecified atom stereocenters. The molecule has 1 atom stereocenters. The number of hydrogen-bond acceptors (Lipinski definition) is 7. The Morgan fingerprint density at radius 3 is 2.65 bits per heavy atom. The van der Waals surface area contributed by atoms with Crippen LogP contribution in [0.1, 0.15) is 48.4 Å². The number of carbonyl (C=O) groups excluding carboxylic acids is 2. The zero-order valence-corrected chi connectivity index (χ0v) is 24.8. The van der Waals surface area contributed by atoms with Gasteiger partial charge in [0.1, 0.15) is 12.4 Å². The monoisotopic (exact) mass is 563 g/mol. The molecule has 5 rings (SSSR count). The molecule has 0 saturated heterocycles. The van der Waals surface area contributed by atoms with Crippen LogP contribution in [0.2, 0.25) is 0 Å². The summed E-state index contributed by atoms with van der Waals surface area (Å²) in [7, 11) is 3.91. The fraction of sp³-hybridized carbons (Fsp3) is 0.433. The topological polar surface area (TPSA) is 88.9 Å². The van der Waals surface area contributed by atoms with Gasteiger partial charge < -0.3 is 19.7 Å². The molecule has 0 spiro atoms. The van der Waals surface area contributed by atoms with Crippen LogP contribution < -0.4 is 19.7 Å². The van der Waals surface area contributed by atoms with Crippen molar-refractivity contribution in [1.82, 2.24) is 20.0 Å². The molecule has 2 aromatic carbocycles. The molecule has 1 aromatic heterocycles. The van der Waals surface area contributed by atoms with Crippen molar-refractivity contribution in [2.24, 2.45) is 0 Å². The van der Waals surface area contributed by atoms with Crippen LogP contribution in [-0.4, -0.2) is 72.8 Å². The number of rotatable bonds is 7. The Morgan fingerprint density at radius 2 is 1.93 bits per heavy atom. The highest BCUT2D eigenvalue weighted by Gasteiger charge is 2.40. The average Bonchev–Trinajstić information content (AvgIpc) is 3.49. The lowest BCUT2D eigenvalue weighted by Gasteiger charge is -2.25. The molecule has 0 radical (unpaired) electrons. The SMILES string of the molecule is Cc1cccc(-n2nc(C(C)(C)C)c3c2N(CC(=O)NCCN(C)C)C(=O)CSC3c2ccc3c(c2)OCO3)c1. The Hall–Kier alpha value is -3.50. The number of hydrogen-bond donors (Lipinski definition) is 1. The Bertz CT molecular complexity index is 1430. The molecule has 2 aliphatic rings. The summed E-state index contributed by atoms with van der Waals surface area (Å²) in [5.74, 6) is 1.91. The van der Waals surface area contributed by atoms with Crippen LogP contribution in [-0.2, 0) is 15.0 Å². The molecule has 3 heterocycles. The van der Waals surface area contributed by atoms with Gasteiger partial charge in [-0.3, -0.25) is 14.5 Å². The third-order valence-electron chi connectivity index (χ3n) is 6.93. The molecule has 3 aromatic rings. The second-order valence-electron chi connectivity index (χ2n) is 11.5. The van der Waals surface area contributed by atoms with Crippen molar-refractivity contribution in [2.45, 2.75) is 38.4 Å². The van der Waals surface area contributed by atoms with Crippen LogP contribution in [0, 0.1) is 6.92 Å². The zero-order chi connectivity index (χ0) is 28.6. The second-order valence-corrected chi connectivity index (χ2v) is 12.6. The van der Waals surface area contributed by atoms with Crippen molar-refractivity contribution < 1.29 is 19.1 Å². The number of aromatic nitrogens is 2. The zero-order valence-electron chi connectivity index (χ0n) is 24.0. The normalized spacial score (nSPS) is 16.7. The third kappa shape index (κ3) is 5.69. The molecule has 10 heteroatoms. The molecule has 9 nitrogen and oxygen atoms in total. The van der Waals surface area contributed by atoms with E-state index in [1.54, 1.807) is 16.7 Å². The van der Waals surface area contributed by atoms with E-state index in [1.807, 2.05) is 73.1 Å². The van der Waals surface area contributed by atoms with Crippen LogP contribution in [0.25, 0.3) is 5.69 Å². The summed E-state index contributed by atoms with van der Waals surface area (Å²) >= 11 is 1.55. The molecule has 2 amide bonds. The summed E-state index contributed by atoms with van der Waals surface area (Å²) in [6.07, 6.45) is 0. The Morgan fingerprint density at radius 1 is 1.15 bits per heavy atom. The Labute approximate surface area is 239 Å².